The summed E-state index contributed by atoms with van der Waals surface area (Å²) in [6.07, 6.45) is 2.07. The highest BCUT2D eigenvalue weighted by atomic mass is 19.3. The van der Waals surface area contributed by atoms with Crippen LogP contribution in [0.5, 0.6) is 0 Å². The molecule has 7 heteroatoms. The standard InChI is InChI=1S/C20H26F2N2O3/c21-19(22)9-6-17(12-19)20(26,16-4-2-1-3-5-16)18(25)27-11-8-15-7-10-24(13-15)14-23/h1-5,14-15,17,23,26H,6-13H2. The van der Waals surface area contributed by atoms with Crippen molar-refractivity contribution in [3.05, 3.63) is 35.9 Å². The van der Waals surface area contributed by atoms with Crippen molar-refractivity contribution in [2.45, 2.75) is 43.6 Å². The molecule has 1 aromatic rings. The Balaban J connectivity index is 1.67. The van der Waals surface area contributed by atoms with Crippen LogP contribution in [0.2, 0.25) is 0 Å². The van der Waals surface area contributed by atoms with Gasteiger partial charge in [0.25, 0.3) is 0 Å². The van der Waals surface area contributed by atoms with Crippen LogP contribution in [-0.2, 0) is 15.1 Å². The first-order valence-electron chi connectivity index (χ1n) is 9.43. The number of rotatable bonds is 7. The van der Waals surface area contributed by atoms with E-state index in [1.165, 1.54) is 6.34 Å². The zero-order chi connectivity index (χ0) is 19.5. The van der Waals surface area contributed by atoms with E-state index in [0.29, 0.717) is 17.9 Å². The molecule has 1 aliphatic heterocycles. The molecule has 0 spiro atoms. The van der Waals surface area contributed by atoms with E-state index in [-0.39, 0.29) is 19.4 Å². The van der Waals surface area contributed by atoms with Crippen LogP contribution in [0.1, 0.15) is 37.7 Å². The molecule has 2 N–H and O–H groups in total. The minimum atomic E-state index is -2.87. The lowest BCUT2D eigenvalue weighted by molar-refractivity contribution is -0.175. The minimum absolute atomic E-state index is 0.0738. The number of halogens is 2. The summed E-state index contributed by atoms with van der Waals surface area (Å²) < 4.78 is 32.9. The summed E-state index contributed by atoms with van der Waals surface area (Å²) in [6, 6.07) is 8.25. The summed E-state index contributed by atoms with van der Waals surface area (Å²) in [5.41, 5.74) is -1.76. The van der Waals surface area contributed by atoms with Crippen molar-refractivity contribution >= 4 is 12.3 Å². The summed E-state index contributed by atoms with van der Waals surface area (Å²) in [6.45, 7) is 1.69. The number of carbonyl (C=O) groups is 1. The summed E-state index contributed by atoms with van der Waals surface area (Å²) in [5.74, 6) is -4.27. The third kappa shape index (κ3) is 4.29. The molecule has 0 radical (unpaired) electrons. The molecule has 0 bridgehead atoms. The first kappa shape index (κ1) is 19.7. The third-order valence-electron chi connectivity index (χ3n) is 5.78. The molecule has 3 rings (SSSR count). The van der Waals surface area contributed by atoms with Gasteiger partial charge in [-0.15, -0.1) is 0 Å². The smallest absolute Gasteiger partial charge is 0.343 e. The van der Waals surface area contributed by atoms with Crippen molar-refractivity contribution in [1.82, 2.24) is 4.90 Å². The second-order valence-electron chi connectivity index (χ2n) is 7.63. The highest BCUT2D eigenvalue weighted by Gasteiger charge is 2.54. The molecule has 1 heterocycles. The summed E-state index contributed by atoms with van der Waals surface area (Å²) in [4.78, 5) is 14.7. The maximum absolute atomic E-state index is 13.7. The maximum Gasteiger partial charge on any atom is 0.343 e. The van der Waals surface area contributed by atoms with Crippen LogP contribution < -0.4 is 0 Å². The van der Waals surface area contributed by atoms with Gasteiger partial charge < -0.3 is 14.7 Å². The van der Waals surface area contributed by atoms with Gasteiger partial charge in [-0.25, -0.2) is 13.6 Å². The van der Waals surface area contributed by atoms with Crippen LogP contribution in [-0.4, -0.2) is 47.9 Å². The molecular weight excluding hydrogens is 354 g/mol. The Morgan fingerprint density at radius 2 is 2.11 bits per heavy atom. The normalized spacial score (nSPS) is 26.6. The molecule has 0 aromatic heterocycles. The Morgan fingerprint density at radius 1 is 1.37 bits per heavy atom. The van der Waals surface area contributed by atoms with Crippen LogP contribution in [0.25, 0.3) is 0 Å². The van der Waals surface area contributed by atoms with Crippen molar-refractivity contribution in [3.63, 3.8) is 0 Å². The number of esters is 1. The second-order valence-corrected chi connectivity index (χ2v) is 7.63. The molecule has 2 fully saturated rings. The predicted octanol–water partition coefficient (Wildman–Crippen LogP) is 3.17. The van der Waals surface area contributed by atoms with Gasteiger partial charge in [0, 0.05) is 31.8 Å². The minimum Gasteiger partial charge on any atom is -0.463 e. The quantitative estimate of drug-likeness (QED) is 0.433. The number of likely N-dealkylation sites (tertiary alicyclic amines) is 1. The first-order valence-corrected chi connectivity index (χ1v) is 9.43. The topological polar surface area (TPSA) is 73.6 Å². The van der Waals surface area contributed by atoms with Crippen molar-refractivity contribution in [1.29, 1.82) is 5.41 Å². The number of ether oxygens (including phenoxy) is 1. The Kier molecular flexibility index (Phi) is 5.79. The number of aliphatic hydroxyl groups is 1. The number of benzene rings is 1. The van der Waals surface area contributed by atoms with Crippen LogP contribution in [0, 0.1) is 17.2 Å². The molecule has 0 amide bonds. The maximum atomic E-state index is 13.7. The number of hydrogen-bond donors (Lipinski definition) is 2. The Morgan fingerprint density at radius 3 is 2.70 bits per heavy atom. The van der Waals surface area contributed by atoms with Gasteiger partial charge in [0.1, 0.15) is 0 Å². The van der Waals surface area contributed by atoms with Gasteiger partial charge in [-0.2, -0.15) is 0 Å². The molecular formula is C20H26F2N2O3. The predicted molar refractivity (Wildman–Crippen MR) is 96.7 cm³/mol. The molecule has 1 saturated carbocycles. The molecule has 148 valence electrons. The lowest BCUT2D eigenvalue weighted by Gasteiger charge is -2.32. The Bertz CT molecular complexity index is 670. The van der Waals surface area contributed by atoms with Gasteiger partial charge >= 0.3 is 5.97 Å². The number of nitrogens with zero attached hydrogens (tertiary/aromatic N) is 1. The zero-order valence-corrected chi connectivity index (χ0v) is 15.2. The zero-order valence-electron chi connectivity index (χ0n) is 15.2. The van der Waals surface area contributed by atoms with Crippen molar-refractivity contribution in [3.8, 4) is 0 Å². The van der Waals surface area contributed by atoms with E-state index in [4.69, 9.17) is 10.1 Å². The van der Waals surface area contributed by atoms with Gasteiger partial charge in [-0.1, -0.05) is 30.3 Å². The number of carbonyl (C=O) groups excluding carboxylic acids is 1. The van der Waals surface area contributed by atoms with Crippen LogP contribution >= 0.6 is 0 Å². The molecule has 27 heavy (non-hydrogen) atoms. The average Bonchev–Trinajstić information content (AvgIpc) is 3.27. The first-order chi connectivity index (χ1) is 12.8. The Labute approximate surface area is 157 Å². The lowest BCUT2D eigenvalue weighted by Crippen LogP contribution is -2.44. The summed E-state index contributed by atoms with van der Waals surface area (Å²) in [5, 5.41) is 18.5. The SMILES string of the molecule is N=CN1CCC(CCOC(=O)C(O)(c2ccccc2)C2CCC(F)(F)C2)C1. The number of nitrogens with one attached hydrogen (secondary N) is 1. The van der Waals surface area contributed by atoms with Gasteiger partial charge in [0.15, 0.2) is 5.60 Å². The van der Waals surface area contributed by atoms with E-state index < -0.39 is 29.8 Å². The molecule has 1 aromatic carbocycles. The van der Waals surface area contributed by atoms with Crippen molar-refractivity contribution in [2.75, 3.05) is 19.7 Å². The van der Waals surface area contributed by atoms with Gasteiger partial charge in [0.2, 0.25) is 5.92 Å². The highest BCUT2D eigenvalue weighted by molar-refractivity contribution is 5.81. The second kappa shape index (κ2) is 7.92. The van der Waals surface area contributed by atoms with Crippen LogP contribution in [0.4, 0.5) is 8.78 Å². The fourth-order valence-electron chi connectivity index (χ4n) is 4.16. The number of alkyl halides is 2. The van der Waals surface area contributed by atoms with E-state index in [2.05, 4.69) is 0 Å². The average molecular weight is 380 g/mol. The number of hydrogen-bond acceptors (Lipinski definition) is 4. The van der Waals surface area contributed by atoms with Gasteiger partial charge in [-0.3, -0.25) is 5.41 Å². The van der Waals surface area contributed by atoms with Crippen LogP contribution in [0.15, 0.2) is 30.3 Å². The molecule has 2 aliphatic rings. The van der Waals surface area contributed by atoms with E-state index in [9.17, 15) is 18.7 Å². The molecule has 1 aliphatic carbocycles. The van der Waals surface area contributed by atoms with Gasteiger partial charge in [-0.05, 0) is 30.7 Å². The van der Waals surface area contributed by atoms with E-state index >= 15 is 0 Å². The fraction of sp³-hybridized carbons (Fsp3) is 0.600. The molecule has 5 nitrogen and oxygen atoms in total. The molecule has 3 unspecified atom stereocenters. The summed E-state index contributed by atoms with van der Waals surface area (Å²) in [7, 11) is 0. The molecule has 1 saturated heterocycles. The largest absolute Gasteiger partial charge is 0.463 e. The van der Waals surface area contributed by atoms with E-state index in [1.807, 2.05) is 4.90 Å². The van der Waals surface area contributed by atoms with Crippen molar-refractivity contribution in [2.24, 2.45) is 11.8 Å². The van der Waals surface area contributed by atoms with E-state index in [0.717, 1.165) is 19.5 Å². The highest BCUT2D eigenvalue weighted by Crippen LogP contribution is 2.47. The van der Waals surface area contributed by atoms with E-state index in [1.54, 1.807) is 30.3 Å². The van der Waals surface area contributed by atoms with Gasteiger partial charge in [0.05, 0.1) is 12.9 Å². The fourth-order valence-corrected chi connectivity index (χ4v) is 4.16. The monoisotopic (exact) mass is 380 g/mol. The molecule has 3 atom stereocenters. The lowest BCUT2D eigenvalue weighted by atomic mass is 9.80. The Hall–Kier alpha value is -2.02. The summed E-state index contributed by atoms with van der Waals surface area (Å²) >= 11 is 0. The van der Waals surface area contributed by atoms with Crippen molar-refractivity contribution < 1.29 is 23.4 Å². The van der Waals surface area contributed by atoms with Crippen LogP contribution in [0.3, 0.4) is 0 Å². The third-order valence-corrected chi connectivity index (χ3v) is 5.78.